The van der Waals surface area contributed by atoms with E-state index in [0.29, 0.717) is 6.42 Å². The maximum atomic E-state index is 12.5. The molecule has 0 saturated carbocycles. The number of hydrogen-bond acceptors (Lipinski definition) is 3. The molecule has 0 aromatic rings. The highest BCUT2D eigenvalue weighted by atomic mass is 16.3. The van der Waals surface area contributed by atoms with Crippen molar-refractivity contribution in [3.63, 3.8) is 0 Å². The van der Waals surface area contributed by atoms with Crippen LogP contribution < -0.4 is 5.32 Å². The van der Waals surface area contributed by atoms with Gasteiger partial charge in [-0.05, 0) is 103 Å². The van der Waals surface area contributed by atoms with E-state index in [4.69, 9.17) is 0 Å². The maximum Gasteiger partial charge on any atom is 0.220 e. The highest BCUT2D eigenvalue weighted by molar-refractivity contribution is 5.76. The van der Waals surface area contributed by atoms with Crippen LogP contribution in [0.15, 0.2) is 122 Å². The first-order chi connectivity index (χ1) is 34.7. The van der Waals surface area contributed by atoms with Gasteiger partial charge in [0.1, 0.15) is 0 Å². The Morgan fingerprint density at radius 1 is 0.357 bits per heavy atom. The molecule has 400 valence electrons. The van der Waals surface area contributed by atoms with Crippen LogP contribution in [0.5, 0.6) is 0 Å². The second kappa shape index (κ2) is 60.1. The first-order valence-corrected chi connectivity index (χ1v) is 29.7. The van der Waals surface area contributed by atoms with Crippen LogP contribution >= 0.6 is 0 Å². The van der Waals surface area contributed by atoms with Gasteiger partial charge in [-0.1, -0.05) is 283 Å². The van der Waals surface area contributed by atoms with E-state index in [1.165, 1.54) is 167 Å². The number of carbonyl (C=O) groups excluding carboxylic acids is 1. The van der Waals surface area contributed by atoms with Gasteiger partial charge in [0.15, 0.2) is 0 Å². The smallest absolute Gasteiger partial charge is 0.220 e. The topological polar surface area (TPSA) is 69.6 Å². The Morgan fingerprint density at radius 2 is 0.643 bits per heavy atom. The molecule has 0 aliphatic rings. The van der Waals surface area contributed by atoms with Crippen molar-refractivity contribution in [3.05, 3.63) is 122 Å². The van der Waals surface area contributed by atoms with E-state index in [9.17, 15) is 15.0 Å². The van der Waals surface area contributed by atoms with E-state index < -0.39 is 12.1 Å². The lowest BCUT2D eigenvalue weighted by atomic mass is 10.0. The van der Waals surface area contributed by atoms with E-state index >= 15 is 0 Å². The monoisotopic (exact) mass is 968 g/mol. The summed E-state index contributed by atoms with van der Waals surface area (Å²) in [5.74, 6) is -0.0823. The molecule has 0 spiro atoms. The predicted molar refractivity (Wildman–Crippen MR) is 312 cm³/mol. The van der Waals surface area contributed by atoms with Gasteiger partial charge in [0.2, 0.25) is 5.91 Å². The summed E-state index contributed by atoms with van der Waals surface area (Å²) in [6, 6.07) is -0.655. The standard InChI is InChI=1S/C66H113NO3/c1-3-5-7-9-11-13-15-17-19-21-23-25-27-28-29-30-31-32-33-34-35-36-37-38-40-42-44-46-48-50-52-54-56-58-60-62-66(70)67-64(63-68)65(69)61-59-57-55-53-51-49-47-45-43-41-39-26-24-22-20-18-16-14-12-10-8-6-4-2/h5,7,11,13,17,19,23,25,28-29,31-32,34-35,43,45,51,53,59,61,64-65,68-69H,3-4,6,8-10,12,14-16,18,20-22,24,26-27,30,33,36-42,44,46-50,52,54-58,60,62-63H2,1-2H3,(H,67,70)/b7-5-,13-11-,19-17-,25-23-,29-28-,32-31-,35-34-,45-43+,53-51+,61-59+. The average molecular weight is 969 g/mol. The van der Waals surface area contributed by atoms with Crippen molar-refractivity contribution in [2.45, 2.75) is 283 Å². The zero-order valence-corrected chi connectivity index (χ0v) is 46.0. The minimum Gasteiger partial charge on any atom is -0.394 e. The van der Waals surface area contributed by atoms with Crippen LogP contribution in [0.3, 0.4) is 0 Å². The Labute approximate surface area is 435 Å². The minimum absolute atomic E-state index is 0.0823. The second-order valence-corrected chi connectivity index (χ2v) is 19.7. The van der Waals surface area contributed by atoms with Crippen LogP contribution in [0, 0.1) is 0 Å². The summed E-state index contributed by atoms with van der Waals surface area (Å²) >= 11 is 0. The van der Waals surface area contributed by atoms with E-state index in [2.05, 4.69) is 129 Å². The third-order valence-corrected chi connectivity index (χ3v) is 12.9. The van der Waals surface area contributed by atoms with E-state index in [0.717, 1.165) is 83.5 Å². The Bertz CT molecular complexity index is 1380. The van der Waals surface area contributed by atoms with Crippen LogP contribution in [-0.4, -0.2) is 34.9 Å². The molecule has 4 heteroatoms. The van der Waals surface area contributed by atoms with Crippen molar-refractivity contribution >= 4 is 5.91 Å². The molecule has 2 atom stereocenters. The van der Waals surface area contributed by atoms with Crippen molar-refractivity contribution in [2.24, 2.45) is 0 Å². The van der Waals surface area contributed by atoms with Crippen molar-refractivity contribution in [1.29, 1.82) is 0 Å². The van der Waals surface area contributed by atoms with Crippen LogP contribution in [0.1, 0.15) is 271 Å². The summed E-state index contributed by atoms with van der Waals surface area (Å²) < 4.78 is 0. The number of allylic oxidation sites excluding steroid dienone is 19. The van der Waals surface area contributed by atoms with Gasteiger partial charge in [0, 0.05) is 6.42 Å². The van der Waals surface area contributed by atoms with Crippen LogP contribution in [0.2, 0.25) is 0 Å². The lowest BCUT2D eigenvalue weighted by Crippen LogP contribution is -2.45. The molecule has 0 aliphatic carbocycles. The van der Waals surface area contributed by atoms with Crippen LogP contribution in [0.4, 0.5) is 0 Å². The van der Waals surface area contributed by atoms with E-state index in [1.54, 1.807) is 6.08 Å². The molecule has 0 aliphatic heterocycles. The Balaban J connectivity index is 3.60. The van der Waals surface area contributed by atoms with Crippen molar-refractivity contribution in [2.75, 3.05) is 6.61 Å². The molecule has 0 rings (SSSR count). The van der Waals surface area contributed by atoms with E-state index in [1.807, 2.05) is 6.08 Å². The van der Waals surface area contributed by atoms with Crippen molar-refractivity contribution < 1.29 is 15.0 Å². The summed E-state index contributed by atoms with van der Waals surface area (Å²) in [6.07, 6.45) is 92.2. The van der Waals surface area contributed by atoms with Gasteiger partial charge in [-0.2, -0.15) is 0 Å². The number of amides is 1. The van der Waals surface area contributed by atoms with Gasteiger partial charge in [-0.25, -0.2) is 0 Å². The molecular weight excluding hydrogens is 855 g/mol. The van der Waals surface area contributed by atoms with Gasteiger partial charge >= 0.3 is 0 Å². The number of rotatable bonds is 53. The summed E-state index contributed by atoms with van der Waals surface area (Å²) in [5.41, 5.74) is 0. The molecule has 4 nitrogen and oxygen atoms in total. The quantitative estimate of drug-likeness (QED) is 0.0420. The largest absolute Gasteiger partial charge is 0.394 e. The highest BCUT2D eigenvalue weighted by Crippen LogP contribution is 2.15. The van der Waals surface area contributed by atoms with Gasteiger partial charge in [0.05, 0.1) is 18.8 Å². The van der Waals surface area contributed by atoms with Gasteiger partial charge < -0.3 is 15.5 Å². The van der Waals surface area contributed by atoms with Gasteiger partial charge in [-0.15, -0.1) is 0 Å². The van der Waals surface area contributed by atoms with E-state index in [-0.39, 0.29) is 12.5 Å². The van der Waals surface area contributed by atoms with Gasteiger partial charge in [-0.3, -0.25) is 4.79 Å². The first-order valence-electron chi connectivity index (χ1n) is 29.7. The number of hydrogen-bond donors (Lipinski definition) is 3. The first kappa shape index (κ1) is 66.8. The maximum absolute atomic E-state index is 12.5. The molecule has 0 heterocycles. The Hall–Kier alpha value is -3.21. The van der Waals surface area contributed by atoms with Crippen molar-refractivity contribution in [1.82, 2.24) is 5.32 Å². The lowest BCUT2D eigenvalue weighted by Gasteiger charge is -2.19. The third kappa shape index (κ3) is 55.7. The molecule has 0 aromatic carbocycles. The lowest BCUT2D eigenvalue weighted by molar-refractivity contribution is -0.123. The summed E-state index contributed by atoms with van der Waals surface area (Å²) in [4.78, 5) is 12.5. The molecule has 0 aromatic heterocycles. The molecule has 0 saturated heterocycles. The molecular formula is C66H113NO3. The summed E-state index contributed by atoms with van der Waals surface area (Å²) in [5, 5.41) is 23.2. The fraction of sp³-hybridized carbons (Fsp3) is 0.682. The number of carbonyl (C=O) groups is 1. The van der Waals surface area contributed by atoms with Crippen LogP contribution in [0.25, 0.3) is 0 Å². The zero-order chi connectivity index (χ0) is 50.6. The normalized spacial score (nSPS) is 13.7. The second-order valence-electron chi connectivity index (χ2n) is 19.7. The SMILES string of the molecule is CC/C=C\C/C=C\C/C=C\C/C=C\C/C=C\C/C=C\C/C=C\CCCCCCCCCCCCCCCC(=O)NC(CO)C(O)/C=C/CC/C=C/CC/C=C/CCCCCCCCCCCCCCC. The van der Waals surface area contributed by atoms with Crippen molar-refractivity contribution in [3.8, 4) is 0 Å². The minimum atomic E-state index is -0.879. The predicted octanol–water partition coefficient (Wildman–Crippen LogP) is 20.0. The summed E-state index contributed by atoms with van der Waals surface area (Å²) in [7, 11) is 0. The molecule has 1 amide bonds. The van der Waals surface area contributed by atoms with Crippen LogP contribution in [-0.2, 0) is 4.79 Å². The number of unbranched alkanes of at least 4 members (excludes halogenated alkanes) is 28. The molecule has 2 unspecified atom stereocenters. The average Bonchev–Trinajstić information content (AvgIpc) is 3.36. The molecule has 0 fully saturated rings. The zero-order valence-electron chi connectivity index (χ0n) is 46.0. The number of nitrogens with one attached hydrogen (secondary N) is 1. The highest BCUT2D eigenvalue weighted by Gasteiger charge is 2.18. The molecule has 0 radical (unpaired) electrons. The number of aliphatic hydroxyl groups excluding tert-OH is 2. The Kier molecular flexibility index (Phi) is 57.3. The van der Waals surface area contributed by atoms with Gasteiger partial charge in [0.25, 0.3) is 0 Å². The molecule has 0 bridgehead atoms. The fourth-order valence-electron chi connectivity index (χ4n) is 8.43. The molecule has 3 N–H and O–H groups in total. The summed E-state index contributed by atoms with van der Waals surface area (Å²) in [6.45, 7) is 4.19. The Morgan fingerprint density at radius 3 is 1.00 bits per heavy atom. The third-order valence-electron chi connectivity index (χ3n) is 12.9. The fourth-order valence-corrected chi connectivity index (χ4v) is 8.43. The molecule has 70 heavy (non-hydrogen) atoms. The number of aliphatic hydroxyl groups is 2.